The summed E-state index contributed by atoms with van der Waals surface area (Å²) in [4.78, 5) is 0. The first-order valence-corrected chi connectivity index (χ1v) is 14.1. The smallest absolute Gasteiger partial charge is 0.0199 e. The van der Waals surface area contributed by atoms with Gasteiger partial charge in [-0.25, -0.2) is 0 Å². The van der Waals surface area contributed by atoms with Crippen LogP contribution in [0.25, 0.3) is 0 Å². The molecule has 0 aromatic carbocycles. The SMILES string of the molecule is CCCCCCCCCCCCCCCCCCCCCCC1CC2C=CC1C2. The maximum atomic E-state index is 2.52. The number of unbranched alkanes of at least 4 members (excludes halogenated alkanes) is 19. The second-order valence-corrected chi connectivity index (χ2v) is 10.5. The zero-order valence-electron chi connectivity index (χ0n) is 20.2. The van der Waals surface area contributed by atoms with Crippen molar-refractivity contribution >= 4 is 0 Å². The van der Waals surface area contributed by atoms with Crippen LogP contribution in [0.1, 0.15) is 155 Å². The number of rotatable bonds is 21. The fourth-order valence-corrected chi connectivity index (χ4v) is 5.89. The molecule has 0 saturated heterocycles. The third-order valence-corrected chi connectivity index (χ3v) is 7.84. The van der Waals surface area contributed by atoms with Gasteiger partial charge in [-0.15, -0.1) is 0 Å². The fraction of sp³-hybridized carbons (Fsp3) is 0.931. The summed E-state index contributed by atoms with van der Waals surface area (Å²) in [6, 6.07) is 0. The lowest BCUT2D eigenvalue weighted by Gasteiger charge is -2.17. The van der Waals surface area contributed by atoms with Crippen LogP contribution in [0.4, 0.5) is 0 Å². The van der Waals surface area contributed by atoms with Gasteiger partial charge in [-0.05, 0) is 37.0 Å². The highest BCUT2D eigenvalue weighted by Gasteiger charge is 2.34. The molecule has 0 aromatic rings. The van der Waals surface area contributed by atoms with Crippen LogP contribution in [-0.4, -0.2) is 0 Å². The first kappa shape index (κ1) is 25.0. The van der Waals surface area contributed by atoms with Crippen molar-refractivity contribution in [3.63, 3.8) is 0 Å². The minimum absolute atomic E-state index is 0.968. The van der Waals surface area contributed by atoms with Gasteiger partial charge in [-0.2, -0.15) is 0 Å². The van der Waals surface area contributed by atoms with Gasteiger partial charge in [-0.3, -0.25) is 0 Å². The van der Waals surface area contributed by atoms with Crippen molar-refractivity contribution in [1.29, 1.82) is 0 Å². The van der Waals surface area contributed by atoms with Crippen molar-refractivity contribution in [2.45, 2.75) is 155 Å². The monoisotopic (exact) mass is 402 g/mol. The van der Waals surface area contributed by atoms with Gasteiger partial charge in [0.25, 0.3) is 0 Å². The summed E-state index contributed by atoms with van der Waals surface area (Å²) in [6.45, 7) is 2.31. The van der Waals surface area contributed by atoms with E-state index in [9.17, 15) is 0 Å². The summed E-state index contributed by atoms with van der Waals surface area (Å²) in [7, 11) is 0. The molecular weight excluding hydrogens is 348 g/mol. The zero-order valence-corrected chi connectivity index (χ0v) is 20.2. The quantitative estimate of drug-likeness (QED) is 0.132. The molecule has 0 amide bonds. The average molecular weight is 403 g/mol. The molecule has 1 saturated carbocycles. The van der Waals surface area contributed by atoms with E-state index in [2.05, 4.69) is 19.1 Å². The number of hydrogen-bond acceptors (Lipinski definition) is 0. The normalized spacial score (nSPS) is 22.7. The van der Waals surface area contributed by atoms with E-state index >= 15 is 0 Å². The lowest BCUT2D eigenvalue weighted by atomic mass is 9.88. The molecule has 0 heterocycles. The van der Waals surface area contributed by atoms with Crippen molar-refractivity contribution in [1.82, 2.24) is 0 Å². The van der Waals surface area contributed by atoms with Crippen molar-refractivity contribution in [3.05, 3.63) is 12.2 Å². The predicted molar refractivity (Wildman–Crippen MR) is 131 cm³/mol. The van der Waals surface area contributed by atoms with Crippen LogP contribution in [0, 0.1) is 17.8 Å². The molecule has 2 bridgehead atoms. The van der Waals surface area contributed by atoms with Gasteiger partial charge < -0.3 is 0 Å². The molecule has 0 heteroatoms. The molecule has 2 aliphatic carbocycles. The zero-order chi connectivity index (χ0) is 20.4. The summed E-state index contributed by atoms with van der Waals surface area (Å²) >= 11 is 0. The minimum Gasteiger partial charge on any atom is -0.0851 e. The first-order valence-electron chi connectivity index (χ1n) is 14.1. The van der Waals surface area contributed by atoms with Gasteiger partial charge in [0.2, 0.25) is 0 Å². The van der Waals surface area contributed by atoms with E-state index in [0.717, 1.165) is 17.8 Å². The number of allylic oxidation sites excluding steroid dienone is 2. The van der Waals surface area contributed by atoms with Crippen LogP contribution in [0.3, 0.4) is 0 Å². The van der Waals surface area contributed by atoms with Gasteiger partial charge in [0, 0.05) is 0 Å². The molecule has 2 rings (SSSR count). The van der Waals surface area contributed by atoms with Crippen LogP contribution in [0.5, 0.6) is 0 Å². The van der Waals surface area contributed by atoms with E-state index in [1.165, 1.54) is 148 Å². The number of fused-ring (bicyclic) bond motifs is 2. The Bertz CT molecular complexity index is 381. The van der Waals surface area contributed by atoms with Gasteiger partial charge >= 0.3 is 0 Å². The van der Waals surface area contributed by atoms with Crippen molar-refractivity contribution in [3.8, 4) is 0 Å². The topological polar surface area (TPSA) is 0 Å². The fourth-order valence-electron chi connectivity index (χ4n) is 5.89. The third kappa shape index (κ3) is 12.2. The minimum atomic E-state index is 0.968. The Morgan fingerprint density at radius 1 is 0.483 bits per heavy atom. The van der Waals surface area contributed by atoms with Gasteiger partial charge in [0.15, 0.2) is 0 Å². The third-order valence-electron chi connectivity index (χ3n) is 7.84. The Hall–Kier alpha value is -0.260. The molecule has 29 heavy (non-hydrogen) atoms. The molecule has 0 nitrogen and oxygen atoms in total. The van der Waals surface area contributed by atoms with E-state index in [1.54, 1.807) is 0 Å². The van der Waals surface area contributed by atoms with E-state index in [1.807, 2.05) is 0 Å². The Kier molecular flexibility index (Phi) is 15.0. The molecule has 0 N–H and O–H groups in total. The second-order valence-electron chi connectivity index (χ2n) is 10.5. The Morgan fingerprint density at radius 2 is 0.897 bits per heavy atom. The maximum absolute atomic E-state index is 2.52. The Morgan fingerprint density at radius 3 is 1.24 bits per heavy atom. The summed E-state index contributed by atoms with van der Waals surface area (Å²) in [5.41, 5.74) is 0. The van der Waals surface area contributed by atoms with Gasteiger partial charge in [-0.1, -0.05) is 147 Å². The molecular formula is C29H54. The first-order chi connectivity index (χ1) is 14.4. The summed E-state index contributed by atoms with van der Waals surface area (Å²) in [6.07, 6.45) is 39.2. The molecule has 170 valence electrons. The van der Waals surface area contributed by atoms with Gasteiger partial charge in [0.05, 0.1) is 0 Å². The summed E-state index contributed by atoms with van der Waals surface area (Å²) in [5, 5.41) is 0. The highest BCUT2D eigenvalue weighted by molar-refractivity contribution is 5.09. The van der Waals surface area contributed by atoms with E-state index < -0.39 is 0 Å². The van der Waals surface area contributed by atoms with Crippen LogP contribution >= 0.6 is 0 Å². The largest absolute Gasteiger partial charge is 0.0851 e. The highest BCUT2D eigenvalue weighted by Crippen LogP contribution is 2.45. The van der Waals surface area contributed by atoms with Crippen LogP contribution < -0.4 is 0 Å². The van der Waals surface area contributed by atoms with E-state index in [4.69, 9.17) is 0 Å². The highest BCUT2D eigenvalue weighted by atomic mass is 14.4. The van der Waals surface area contributed by atoms with Crippen molar-refractivity contribution in [2.75, 3.05) is 0 Å². The predicted octanol–water partition coefficient (Wildman–Crippen LogP) is 10.4. The lowest BCUT2D eigenvalue weighted by Crippen LogP contribution is -2.06. The molecule has 0 aliphatic heterocycles. The van der Waals surface area contributed by atoms with Crippen LogP contribution in [0.2, 0.25) is 0 Å². The Labute approximate surface area is 184 Å². The summed E-state index contributed by atoms with van der Waals surface area (Å²) in [5.74, 6) is 3.00. The molecule has 3 unspecified atom stereocenters. The van der Waals surface area contributed by atoms with Crippen molar-refractivity contribution in [2.24, 2.45) is 17.8 Å². The molecule has 3 atom stereocenters. The average Bonchev–Trinajstić information content (AvgIpc) is 3.36. The molecule has 1 fully saturated rings. The summed E-state index contributed by atoms with van der Waals surface area (Å²) < 4.78 is 0. The molecule has 0 radical (unpaired) electrons. The van der Waals surface area contributed by atoms with Crippen molar-refractivity contribution < 1.29 is 0 Å². The molecule has 0 aromatic heterocycles. The van der Waals surface area contributed by atoms with E-state index in [-0.39, 0.29) is 0 Å². The molecule has 2 aliphatic rings. The lowest BCUT2D eigenvalue weighted by molar-refractivity contribution is 0.393. The van der Waals surface area contributed by atoms with Crippen LogP contribution in [-0.2, 0) is 0 Å². The second kappa shape index (κ2) is 17.4. The number of hydrogen-bond donors (Lipinski definition) is 0. The maximum Gasteiger partial charge on any atom is -0.0199 e. The van der Waals surface area contributed by atoms with Crippen LogP contribution in [0.15, 0.2) is 12.2 Å². The molecule has 0 spiro atoms. The standard InChI is InChI=1S/C29H54/c1-2-3-4-5-6-7-8-9-10-11-12-13-14-15-16-17-18-19-20-21-22-28-25-27-23-24-29(28)26-27/h23-24,27-29H,2-22,25-26H2,1H3. The van der Waals surface area contributed by atoms with E-state index in [0.29, 0.717) is 0 Å². The van der Waals surface area contributed by atoms with Gasteiger partial charge in [0.1, 0.15) is 0 Å². The Balaban J connectivity index is 1.19.